The van der Waals surface area contributed by atoms with Gasteiger partial charge in [0.2, 0.25) is 5.91 Å². The number of nitrogens with zero attached hydrogens (tertiary/aromatic N) is 2. The summed E-state index contributed by atoms with van der Waals surface area (Å²) < 4.78 is 6.08. The molecule has 3 N–H and O–H groups in total. The number of para-hydroxylation sites is 2. The van der Waals surface area contributed by atoms with Gasteiger partial charge < -0.3 is 15.0 Å². The van der Waals surface area contributed by atoms with Gasteiger partial charge in [0.25, 0.3) is 0 Å². The number of hydrazine groups is 1. The Balaban J connectivity index is 1.24. The topological polar surface area (TPSA) is 89.4 Å². The largest absolute Gasteiger partial charge is 0.457 e. The van der Waals surface area contributed by atoms with Crippen LogP contribution in [-0.2, 0) is 4.79 Å². The fourth-order valence-corrected chi connectivity index (χ4v) is 4.59. The second kappa shape index (κ2) is 7.63. The van der Waals surface area contributed by atoms with Crippen molar-refractivity contribution in [2.24, 2.45) is 5.41 Å². The average molecular weight is 403 g/mol. The van der Waals surface area contributed by atoms with Gasteiger partial charge in [0.1, 0.15) is 17.5 Å². The highest BCUT2D eigenvalue weighted by molar-refractivity contribution is 5.82. The van der Waals surface area contributed by atoms with E-state index in [1.165, 1.54) is 0 Å². The van der Waals surface area contributed by atoms with Crippen LogP contribution in [0.15, 0.2) is 54.6 Å². The summed E-state index contributed by atoms with van der Waals surface area (Å²) in [5, 5.41) is 12.4. The molecule has 2 unspecified atom stereocenters. The molecule has 3 atom stereocenters. The molecule has 2 aromatic rings. The Kier molecular flexibility index (Phi) is 4.81. The first-order valence-corrected chi connectivity index (χ1v) is 10.4. The molecule has 0 aromatic heterocycles. The van der Waals surface area contributed by atoms with Crippen molar-refractivity contribution in [3.8, 4) is 17.7 Å². The molecule has 1 spiro atoms. The Morgan fingerprint density at radius 3 is 2.67 bits per heavy atom. The van der Waals surface area contributed by atoms with Crippen molar-refractivity contribution >= 4 is 5.91 Å². The van der Waals surface area contributed by atoms with Gasteiger partial charge in [0.05, 0.1) is 12.1 Å². The molecule has 2 saturated heterocycles. The van der Waals surface area contributed by atoms with Gasteiger partial charge in [-0.05, 0) is 37.5 Å². The lowest BCUT2D eigenvalue weighted by molar-refractivity contribution is -0.123. The summed E-state index contributed by atoms with van der Waals surface area (Å²) in [5.74, 6) is 1.55. The van der Waals surface area contributed by atoms with Crippen molar-refractivity contribution in [3.63, 3.8) is 0 Å². The van der Waals surface area contributed by atoms with Gasteiger partial charge in [-0.3, -0.25) is 4.79 Å². The van der Waals surface area contributed by atoms with Crippen molar-refractivity contribution < 1.29 is 9.53 Å². The number of carbonyl (C=O) groups excluding carboxylic acids is 1. The van der Waals surface area contributed by atoms with E-state index < -0.39 is 0 Å². The van der Waals surface area contributed by atoms with E-state index in [9.17, 15) is 10.1 Å². The third-order valence-corrected chi connectivity index (χ3v) is 6.48. The Bertz CT molecular complexity index is 969. The van der Waals surface area contributed by atoms with Crippen LogP contribution in [0.3, 0.4) is 0 Å². The smallest absolute Gasteiger partial charge is 0.238 e. The van der Waals surface area contributed by atoms with Crippen LogP contribution >= 0.6 is 0 Å². The Hall–Kier alpha value is -3.08. The zero-order valence-corrected chi connectivity index (χ0v) is 16.7. The number of benzene rings is 2. The Morgan fingerprint density at radius 2 is 1.90 bits per heavy atom. The van der Waals surface area contributed by atoms with Gasteiger partial charge >= 0.3 is 0 Å². The molecule has 2 aromatic carbocycles. The number of hydrogen-bond acceptors (Lipinski definition) is 6. The van der Waals surface area contributed by atoms with Gasteiger partial charge in [-0.2, -0.15) is 5.26 Å². The van der Waals surface area contributed by atoms with Crippen molar-refractivity contribution in [2.45, 2.75) is 37.4 Å². The van der Waals surface area contributed by atoms with Crippen molar-refractivity contribution in [2.75, 3.05) is 13.1 Å². The third kappa shape index (κ3) is 3.60. The molecule has 1 aliphatic carbocycles. The van der Waals surface area contributed by atoms with Gasteiger partial charge in [0, 0.05) is 24.1 Å². The summed E-state index contributed by atoms with van der Waals surface area (Å²) in [5.41, 5.74) is 7.52. The number of hydrogen-bond donors (Lipinski definition) is 3. The Labute approximate surface area is 176 Å². The zero-order valence-electron chi connectivity index (χ0n) is 16.7. The number of nitrogens with one attached hydrogen (secondary N) is 3. The number of ether oxygens (including phenoxy) is 1. The molecule has 3 aliphatic rings. The fraction of sp³-hybridized carbons (Fsp3) is 0.391. The first-order valence-electron chi connectivity index (χ1n) is 10.4. The van der Waals surface area contributed by atoms with Crippen LogP contribution in [0.4, 0.5) is 0 Å². The quantitative estimate of drug-likeness (QED) is 0.665. The lowest BCUT2D eigenvalue weighted by atomic mass is 9.98. The Morgan fingerprint density at radius 1 is 1.13 bits per heavy atom. The molecule has 30 heavy (non-hydrogen) atoms. The maximum absolute atomic E-state index is 12.9. The number of carbonyl (C=O) groups is 1. The predicted octanol–water partition coefficient (Wildman–Crippen LogP) is 2.45. The van der Waals surface area contributed by atoms with Crippen LogP contribution in [0.5, 0.6) is 11.5 Å². The summed E-state index contributed by atoms with van der Waals surface area (Å²) in [6, 6.07) is 17.3. The van der Waals surface area contributed by atoms with E-state index in [1.54, 1.807) is 4.90 Å². The second-order valence-corrected chi connectivity index (χ2v) is 8.49. The molecular formula is C23H25N5O2. The zero-order chi connectivity index (χ0) is 20.6. The molecule has 7 heteroatoms. The molecule has 0 radical (unpaired) electrons. The number of amides is 1. The summed E-state index contributed by atoms with van der Waals surface area (Å²) >= 11 is 0. The van der Waals surface area contributed by atoms with Gasteiger partial charge in [-0.1, -0.05) is 36.4 Å². The normalized spacial score (nSPS) is 26.4. The summed E-state index contributed by atoms with van der Waals surface area (Å²) in [6.07, 6.45) is 5.02. The third-order valence-electron chi connectivity index (χ3n) is 6.48. The average Bonchev–Trinajstić information content (AvgIpc) is 3.23. The molecule has 3 fully saturated rings. The summed E-state index contributed by atoms with van der Waals surface area (Å²) in [4.78, 5) is 14.7. The predicted molar refractivity (Wildman–Crippen MR) is 111 cm³/mol. The summed E-state index contributed by atoms with van der Waals surface area (Å²) in [7, 11) is 0. The standard InChI is InChI=1S/C23H25N5O2/c24-15-28-13-21(23(14-28)10-11-23)25-22(29)19-12-18(26-27-19)17-8-4-5-9-20(17)30-16-6-2-1-3-7-16/h1-9,18-19,21,26-27H,10-14H2,(H,25,29)/t18?,19?,21-/m1/s1. The van der Waals surface area contributed by atoms with Crippen LogP contribution in [0.25, 0.3) is 0 Å². The van der Waals surface area contributed by atoms with Gasteiger partial charge in [-0.15, -0.1) is 0 Å². The molecule has 2 heterocycles. The minimum Gasteiger partial charge on any atom is -0.457 e. The molecule has 1 saturated carbocycles. The van der Waals surface area contributed by atoms with Gasteiger partial charge in [-0.25, -0.2) is 10.9 Å². The maximum Gasteiger partial charge on any atom is 0.238 e. The van der Waals surface area contributed by atoms with Crippen molar-refractivity contribution in [1.82, 2.24) is 21.1 Å². The number of likely N-dealkylation sites (tertiary alicyclic amines) is 1. The van der Waals surface area contributed by atoms with E-state index in [-0.39, 0.29) is 29.4 Å². The van der Waals surface area contributed by atoms with E-state index in [2.05, 4.69) is 22.4 Å². The van der Waals surface area contributed by atoms with Crippen LogP contribution < -0.4 is 20.9 Å². The number of rotatable bonds is 5. The SMILES string of the molecule is N#CN1C[C@@H](NC(=O)C2CC(c3ccccc3Oc3ccccc3)NN2)C2(CC2)C1. The fourth-order valence-electron chi connectivity index (χ4n) is 4.59. The van der Waals surface area contributed by atoms with E-state index in [4.69, 9.17) is 4.74 Å². The van der Waals surface area contributed by atoms with E-state index in [0.717, 1.165) is 36.4 Å². The first kappa shape index (κ1) is 18.9. The van der Waals surface area contributed by atoms with E-state index in [0.29, 0.717) is 13.0 Å². The minimum absolute atomic E-state index is 0.0116. The monoisotopic (exact) mass is 403 g/mol. The van der Waals surface area contributed by atoms with Gasteiger partial charge in [0.15, 0.2) is 6.19 Å². The summed E-state index contributed by atoms with van der Waals surface area (Å²) in [6.45, 7) is 1.37. The van der Waals surface area contributed by atoms with Crippen molar-refractivity contribution in [3.05, 3.63) is 60.2 Å². The van der Waals surface area contributed by atoms with E-state index >= 15 is 0 Å². The molecule has 1 amide bonds. The first-order chi connectivity index (χ1) is 14.7. The van der Waals surface area contributed by atoms with Crippen molar-refractivity contribution in [1.29, 1.82) is 5.26 Å². The van der Waals surface area contributed by atoms with Crippen LogP contribution in [0.2, 0.25) is 0 Å². The molecular weight excluding hydrogens is 378 g/mol. The molecule has 7 nitrogen and oxygen atoms in total. The lowest BCUT2D eigenvalue weighted by Gasteiger charge is -2.20. The molecule has 154 valence electrons. The highest BCUT2D eigenvalue weighted by Crippen LogP contribution is 2.52. The minimum atomic E-state index is -0.327. The molecule has 5 rings (SSSR count). The van der Waals surface area contributed by atoms with Crippen LogP contribution in [-0.4, -0.2) is 36.0 Å². The van der Waals surface area contributed by atoms with Crippen LogP contribution in [0.1, 0.15) is 30.9 Å². The number of nitriles is 1. The highest BCUT2D eigenvalue weighted by Gasteiger charge is 2.56. The molecule has 0 bridgehead atoms. The highest BCUT2D eigenvalue weighted by atomic mass is 16.5. The lowest BCUT2D eigenvalue weighted by Crippen LogP contribution is -2.49. The maximum atomic E-state index is 12.9. The van der Waals surface area contributed by atoms with E-state index in [1.807, 2.05) is 54.6 Å². The van der Waals surface area contributed by atoms with Crippen LogP contribution in [0, 0.1) is 16.9 Å². The molecule has 2 aliphatic heterocycles. The second-order valence-electron chi connectivity index (χ2n) is 8.49.